The van der Waals surface area contributed by atoms with Crippen molar-refractivity contribution in [3.8, 4) is 17.1 Å². The minimum atomic E-state index is -4.81. The van der Waals surface area contributed by atoms with Gasteiger partial charge in [-0.15, -0.1) is 0 Å². The Kier molecular flexibility index (Phi) is 14.0. The number of pyridine rings is 1. The SMILES string of the molecule is CC(C)(C)OC(=O)N(CC(F)(F)F)c1cc(-c2nc(C(=O)Nc3cn(-c4ccc(C(=O)OCCOCCCc5ccc6c(c5)C(=O)N(C5CCC(=O)NC5=O)C6=O)cc4)nc3C(N)=O)co2)ccn1. The summed E-state index contributed by atoms with van der Waals surface area (Å²) in [6, 6.07) is 12.1. The van der Waals surface area contributed by atoms with E-state index in [2.05, 4.69) is 25.7 Å². The number of ether oxygens (including phenoxy) is 3. The lowest BCUT2D eigenvalue weighted by molar-refractivity contribution is -0.136. The molecule has 21 nitrogen and oxygen atoms in total. The van der Waals surface area contributed by atoms with Crippen molar-refractivity contribution in [2.24, 2.45) is 5.73 Å². The molecule has 0 radical (unpaired) electrons. The molecule has 7 rings (SSSR count). The van der Waals surface area contributed by atoms with Gasteiger partial charge in [0.15, 0.2) is 11.4 Å². The number of aromatic nitrogens is 4. The predicted molar refractivity (Wildman–Crippen MR) is 232 cm³/mol. The molecule has 1 unspecified atom stereocenters. The first-order chi connectivity index (χ1) is 32.7. The molecule has 69 heavy (non-hydrogen) atoms. The number of nitrogens with two attached hydrogens (primary N) is 1. The fourth-order valence-electron chi connectivity index (χ4n) is 7.09. The number of benzene rings is 2. The number of alkyl halides is 3. The molecule has 0 saturated carbocycles. The number of imide groups is 2. The number of oxazole rings is 1. The number of aryl methyl sites for hydroxylation is 1. The van der Waals surface area contributed by atoms with Gasteiger partial charge in [-0.25, -0.2) is 24.2 Å². The maximum absolute atomic E-state index is 13.5. The number of carbonyl (C=O) groups is 8. The molecule has 1 saturated heterocycles. The molecule has 4 N–H and O–H groups in total. The smallest absolute Gasteiger partial charge is 0.416 e. The molecular weight excluding hydrogens is 916 g/mol. The van der Waals surface area contributed by atoms with E-state index >= 15 is 0 Å². The number of carbonyl (C=O) groups excluding carboxylic acids is 8. The van der Waals surface area contributed by atoms with Crippen LogP contribution >= 0.6 is 0 Å². The Morgan fingerprint density at radius 2 is 1.70 bits per heavy atom. The predicted octanol–water partition coefficient (Wildman–Crippen LogP) is 4.78. The summed E-state index contributed by atoms with van der Waals surface area (Å²) in [7, 11) is 0. The van der Waals surface area contributed by atoms with Gasteiger partial charge in [-0.05, 0) is 94.1 Å². The summed E-state index contributed by atoms with van der Waals surface area (Å²) in [4.78, 5) is 110. The molecule has 5 heterocycles. The van der Waals surface area contributed by atoms with Crippen LogP contribution in [0.4, 0.5) is 29.5 Å². The molecule has 0 bridgehead atoms. The Morgan fingerprint density at radius 1 is 0.957 bits per heavy atom. The zero-order valence-corrected chi connectivity index (χ0v) is 37.0. The quantitative estimate of drug-likeness (QED) is 0.0682. The summed E-state index contributed by atoms with van der Waals surface area (Å²) in [6.07, 6.45) is -1.62. The molecule has 2 aliphatic heterocycles. The van der Waals surface area contributed by atoms with E-state index in [4.69, 9.17) is 24.4 Å². The van der Waals surface area contributed by atoms with Crippen molar-refractivity contribution in [3.63, 3.8) is 0 Å². The number of primary amides is 1. The molecule has 1 fully saturated rings. The van der Waals surface area contributed by atoms with Crippen LogP contribution in [0, 0.1) is 0 Å². The van der Waals surface area contributed by atoms with Crippen molar-refractivity contribution < 1.29 is 70.2 Å². The van der Waals surface area contributed by atoms with Crippen LogP contribution in [0.5, 0.6) is 0 Å². The van der Waals surface area contributed by atoms with Gasteiger partial charge in [-0.2, -0.15) is 18.3 Å². The van der Waals surface area contributed by atoms with Crippen LogP contribution in [0.25, 0.3) is 17.1 Å². The highest BCUT2D eigenvalue weighted by Gasteiger charge is 2.44. The van der Waals surface area contributed by atoms with Crippen molar-refractivity contribution in [1.29, 1.82) is 0 Å². The molecule has 1 atom stereocenters. The molecule has 360 valence electrons. The summed E-state index contributed by atoms with van der Waals surface area (Å²) in [5, 5.41) is 8.81. The molecule has 7 amide bonds. The number of rotatable bonds is 16. The molecule has 5 aromatic rings. The Bertz CT molecular complexity index is 2850. The third-order valence-electron chi connectivity index (χ3n) is 10.2. The Hall–Kier alpha value is -8.28. The van der Waals surface area contributed by atoms with Crippen molar-refractivity contribution in [3.05, 3.63) is 107 Å². The normalized spacial score (nSPS) is 14.9. The average Bonchev–Trinajstić information content (AvgIpc) is 4.02. The van der Waals surface area contributed by atoms with Gasteiger partial charge < -0.3 is 29.7 Å². The third-order valence-corrected chi connectivity index (χ3v) is 10.2. The number of hydrogen-bond donors (Lipinski definition) is 3. The number of halogens is 3. The third kappa shape index (κ3) is 11.6. The van der Waals surface area contributed by atoms with Crippen molar-refractivity contribution in [2.75, 3.05) is 36.6 Å². The van der Waals surface area contributed by atoms with Gasteiger partial charge in [0, 0.05) is 24.8 Å². The summed E-state index contributed by atoms with van der Waals surface area (Å²) in [5.74, 6) is -5.50. The number of anilines is 2. The van der Waals surface area contributed by atoms with Gasteiger partial charge in [0.05, 0.1) is 40.9 Å². The van der Waals surface area contributed by atoms with Crippen LogP contribution in [-0.2, 0) is 30.2 Å². The highest BCUT2D eigenvalue weighted by atomic mass is 19.4. The van der Waals surface area contributed by atoms with Crippen LogP contribution < -0.4 is 21.3 Å². The molecule has 24 heteroatoms. The van der Waals surface area contributed by atoms with E-state index in [9.17, 15) is 51.5 Å². The van der Waals surface area contributed by atoms with E-state index in [-0.39, 0.29) is 71.3 Å². The van der Waals surface area contributed by atoms with Crippen LogP contribution in [0.1, 0.15) is 97.6 Å². The maximum atomic E-state index is 13.5. The summed E-state index contributed by atoms with van der Waals surface area (Å²) in [6.45, 7) is 3.07. The lowest BCUT2D eigenvalue weighted by Gasteiger charge is -2.27. The van der Waals surface area contributed by atoms with Crippen LogP contribution in [0.2, 0.25) is 0 Å². The van der Waals surface area contributed by atoms with Crippen molar-refractivity contribution >= 4 is 59.0 Å². The second kappa shape index (κ2) is 19.9. The number of nitrogens with one attached hydrogen (secondary N) is 2. The van der Waals surface area contributed by atoms with Gasteiger partial charge >= 0.3 is 18.2 Å². The number of nitrogens with zero attached hydrogens (tertiary/aromatic N) is 6. The number of fused-ring (bicyclic) bond motifs is 1. The Balaban J connectivity index is 0.889. The first-order valence-electron chi connectivity index (χ1n) is 21.1. The number of piperidine rings is 1. The average molecular weight is 958 g/mol. The highest BCUT2D eigenvalue weighted by molar-refractivity contribution is 6.23. The van der Waals surface area contributed by atoms with Crippen LogP contribution in [-0.4, -0.2) is 116 Å². The fourth-order valence-corrected chi connectivity index (χ4v) is 7.09. The zero-order valence-electron chi connectivity index (χ0n) is 37.0. The van der Waals surface area contributed by atoms with Crippen molar-refractivity contribution in [2.45, 2.75) is 64.3 Å². The lowest BCUT2D eigenvalue weighted by atomic mass is 10.0. The minimum absolute atomic E-state index is 0.0225. The first kappa shape index (κ1) is 48.6. The summed E-state index contributed by atoms with van der Waals surface area (Å²) >= 11 is 0. The Labute approximate surface area is 389 Å². The van der Waals surface area contributed by atoms with Gasteiger partial charge in [0.25, 0.3) is 23.6 Å². The monoisotopic (exact) mass is 957 g/mol. The van der Waals surface area contributed by atoms with Gasteiger partial charge in [0.1, 0.15) is 36.9 Å². The van der Waals surface area contributed by atoms with Gasteiger partial charge in [-0.3, -0.25) is 43.9 Å². The van der Waals surface area contributed by atoms with E-state index in [1.165, 1.54) is 62.0 Å². The Morgan fingerprint density at radius 3 is 2.39 bits per heavy atom. The number of esters is 1. The molecule has 2 aromatic carbocycles. The van der Waals surface area contributed by atoms with Gasteiger partial charge in [-0.1, -0.05) is 6.07 Å². The minimum Gasteiger partial charge on any atom is -0.460 e. The molecule has 0 spiro atoms. The topological polar surface area (TPSA) is 278 Å². The molecule has 3 aromatic heterocycles. The second-order valence-corrected chi connectivity index (χ2v) is 16.5. The first-order valence-corrected chi connectivity index (χ1v) is 21.1. The molecule has 0 aliphatic carbocycles. The van der Waals surface area contributed by atoms with E-state index in [1.807, 2.05) is 0 Å². The second-order valence-electron chi connectivity index (χ2n) is 16.5. The molecule has 2 aliphatic rings. The lowest BCUT2D eigenvalue weighted by Crippen LogP contribution is -2.54. The summed E-state index contributed by atoms with van der Waals surface area (Å²) in [5.41, 5.74) is 5.40. The van der Waals surface area contributed by atoms with Crippen molar-refractivity contribution in [1.82, 2.24) is 30.0 Å². The van der Waals surface area contributed by atoms with E-state index in [1.54, 1.807) is 18.2 Å². The highest BCUT2D eigenvalue weighted by Crippen LogP contribution is 2.30. The largest absolute Gasteiger partial charge is 0.460 e. The molecular formula is C45H42F3N9O12. The van der Waals surface area contributed by atoms with E-state index in [0.717, 1.165) is 29.0 Å². The summed E-state index contributed by atoms with van der Waals surface area (Å²) < 4.78 is 63.1. The maximum Gasteiger partial charge on any atom is 0.416 e. The fraction of sp³-hybridized carbons (Fsp3) is 0.311. The van der Waals surface area contributed by atoms with Gasteiger partial charge in [0.2, 0.25) is 17.7 Å². The number of amides is 7. The zero-order chi connectivity index (χ0) is 49.8. The van der Waals surface area contributed by atoms with Crippen LogP contribution in [0.15, 0.2) is 77.7 Å². The standard InChI is InChI=1S/C45H42F3N9O12/c1-44(2,3)69-43(65)55(23-45(46,47)48)33-20-26(14-15-50-33)39-52-31(22-68-39)37(60)51-30-21-56(54-35(30)36(49)59)27-9-7-25(8-10-27)42(64)67-18-17-66-16-4-5-24-6-11-28-29(19-24)41(63)57(40(28)62)32-12-13-34(58)53-38(32)61/h6-11,14-15,19-22,32H,4-5,12-13,16-18,23H2,1-3H3,(H2,49,59)(H,51,60)(H,53,58,61). The number of hydrogen-bond acceptors (Lipinski definition) is 15. The van der Waals surface area contributed by atoms with E-state index in [0.29, 0.717) is 30.0 Å². The van der Waals surface area contributed by atoms with Crippen LogP contribution in [0.3, 0.4) is 0 Å². The van der Waals surface area contributed by atoms with E-state index < -0.39 is 77.7 Å².